The average molecular weight is 278 g/mol. The van der Waals surface area contributed by atoms with E-state index in [2.05, 4.69) is 23.5 Å². The minimum atomic E-state index is 0.108. The Morgan fingerprint density at radius 1 is 1.10 bits per heavy atom. The van der Waals surface area contributed by atoms with Crippen molar-refractivity contribution in [3.8, 4) is 0 Å². The molecule has 0 saturated heterocycles. The summed E-state index contributed by atoms with van der Waals surface area (Å²) in [6.45, 7) is 2.77. The van der Waals surface area contributed by atoms with Crippen LogP contribution < -0.4 is 10.2 Å². The van der Waals surface area contributed by atoms with Crippen molar-refractivity contribution >= 4 is 11.6 Å². The van der Waals surface area contributed by atoms with E-state index < -0.39 is 0 Å². The monoisotopic (exact) mass is 278 g/mol. The van der Waals surface area contributed by atoms with Crippen LogP contribution in [0, 0.1) is 0 Å². The molecule has 1 atom stereocenters. The predicted molar refractivity (Wildman–Crippen MR) is 83.9 cm³/mol. The standard InChI is InChI=1S/C18H18N2O/c21-18(14-5-2-1-3-6-14)20-12-15-11-19-10-9-13-7-4-8-16(20)17(13)15/h1-8,15,19H,9-12H2. The number of carbonyl (C=O) groups is 1. The van der Waals surface area contributed by atoms with E-state index in [0.717, 1.165) is 37.3 Å². The molecule has 0 fully saturated rings. The van der Waals surface area contributed by atoms with Gasteiger partial charge in [-0.15, -0.1) is 0 Å². The van der Waals surface area contributed by atoms with Gasteiger partial charge in [0, 0.05) is 30.3 Å². The number of hydrogen-bond acceptors (Lipinski definition) is 2. The molecule has 1 unspecified atom stereocenters. The summed E-state index contributed by atoms with van der Waals surface area (Å²) in [5.74, 6) is 0.531. The molecule has 0 spiro atoms. The Labute approximate surface area is 124 Å². The van der Waals surface area contributed by atoms with E-state index in [9.17, 15) is 4.79 Å². The summed E-state index contributed by atoms with van der Waals surface area (Å²) in [5.41, 5.74) is 4.65. The molecule has 3 heteroatoms. The Balaban J connectivity index is 1.76. The van der Waals surface area contributed by atoms with E-state index in [-0.39, 0.29) is 5.91 Å². The van der Waals surface area contributed by atoms with Gasteiger partial charge in [-0.3, -0.25) is 4.79 Å². The summed E-state index contributed by atoms with van der Waals surface area (Å²) in [5, 5.41) is 3.49. The number of hydrogen-bond donors (Lipinski definition) is 1. The van der Waals surface area contributed by atoms with Gasteiger partial charge in [0.15, 0.2) is 0 Å². The molecule has 2 aromatic carbocycles. The third-order valence-electron chi connectivity index (χ3n) is 4.50. The van der Waals surface area contributed by atoms with Crippen molar-refractivity contribution in [1.82, 2.24) is 5.32 Å². The van der Waals surface area contributed by atoms with Crippen LogP contribution in [0.5, 0.6) is 0 Å². The topological polar surface area (TPSA) is 32.3 Å². The fraction of sp³-hybridized carbons (Fsp3) is 0.278. The van der Waals surface area contributed by atoms with Crippen molar-refractivity contribution in [3.63, 3.8) is 0 Å². The summed E-state index contributed by atoms with van der Waals surface area (Å²) in [4.78, 5) is 14.7. The zero-order valence-electron chi connectivity index (χ0n) is 11.9. The molecular formula is C18H18N2O. The lowest BCUT2D eigenvalue weighted by Gasteiger charge is -2.18. The fourth-order valence-electron chi connectivity index (χ4n) is 3.53. The lowest BCUT2D eigenvalue weighted by molar-refractivity contribution is 0.0988. The molecule has 21 heavy (non-hydrogen) atoms. The van der Waals surface area contributed by atoms with E-state index >= 15 is 0 Å². The first kappa shape index (κ1) is 12.6. The molecule has 2 aliphatic heterocycles. The molecule has 2 heterocycles. The molecule has 3 nitrogen and oxygen atoms in total. The highest BCUT2D eigenvalue weighted by Gasteiger charge is 2.35. The minimum Gasteiger partial charge on any atom is -0.316 e. The number of nitrogens with zero attached hydrogens (tertiary/aromatic N) is 1. The molecule has 0 radical (unpaired) electrons. The number of amides is 1. The smallest absolute Gasteiger partial charge is 0.258 e. The average Bonchev–Trinajstić information content (AvgIpc) is 2.78. The highest BCUT2D eigenvalue weighted by molar-refractivity contribution is 6.07. The van der Waals surface area contributed by atoms with Crippen LogP contribution in [0.2, 0.25) is 0 Å². The van der Waals surface area contributed by atoms with Crippen LogP contribution in [0.3, 0.4) is 0 Å². The Hall–Kier alpha value is -2.13. The van der Waals surface area contributed by atoms with Gasteiger partial charge in [0.1, 0.15) is 0 Å². The zero-order valence-corrected chi connectivity index (χ0v) is 11.9. The molecule has 2 aromatic rings. The molecule has 0 bridgehead atoms. The molecule has 0 saturated carbocycles. The highest BCUT2D eigenvalue weighted by Crippen LogP contribution is 2.40. The Kier molecular flexibility index (Phi) is 3.00. The van der Waals surface area contributed by atoms with Crippen LogP contribution in [0.1, 0.15) is 27.4 Å². The van der Waals surface area contributed by atoms with Gasteiger partial charge >= 0.3 is 0 Å². The molecule has 4 rings (SSSR count). The summed E-state index contributed by atoms with van der Waals surface area (Å²) >= 11 is 0. The Bertz CT molecular complexity index is 681. The molecule has 1 N–H and O–H groups in total. The summed E-state index contributed by atoms with van der Waals surface area (Å²) in [7, 11) is 0. The predicted octanol–water partition coefficient (Wildman–Crippen LogP) is 2.58. The second-order valence-electron chi connectivity index (χ2n) is 5.78. The SMILES string of the molecule is O=C(c1ccccc1)N1CC2CNCCc3cccc1c32. The third-order valence-corrected chi connectivity index (χ3v) is 4.50. The number of benzene rings is 2. The second-order valence-corrected chi connectivity index (χ2v) is 5.78. The molecule has 106 valence electrons. The molecule has 0 aliphatic carbocycles. The molecular weight excluding hydrogens is 260 g/mol. The lowest BCUT2D eigenvalue weighted by atomic mass is 9.96. The lowest BCUT2D eigenvalue weighted by Crippen LogP contribution is -2.32. The van der Waals surface area contributed by atoms with Gasteiger partial charge in [-0.1, -0.05) is 30.3 Å². The van der Waals surface area contributed by atoms with Crippen molar-refractivity contribution < 1.29 is 4.79 Å². The number of anilines is 1. The van der Waals surface area contributed by atoms with Gasteiger partial charge in [0.2, 0.25) is 0 Å². The summed E-state index contributed by atoms with van der Waals surface area (Å²) < 4.78 is 0. The van der Waals surface area contributed by atoms with E-state index in [1.54, 1.807) is 0 Å². The maximum absolute atomic E-state index is 12.8. The van der Waals surface area contributed by atoms with E-state index in [1.165, 1.54) is 11.1 Å². The second kappa shape index (κ2) is 5.01. The minimum absolute atomic E-state index is 0.108. The van der Waals surface area contributed by atoms with Gasteiger partial charge < -0.3 is 10.2 Å². The maximum Gasteiger partial charge on any atom is 0.258 e. The molecule has 1 amide bonds. The quantitative estimate of drug-likeness (QED) is 0.869. The van der Waals surface area contributed by atoms with Crippen molar-refractivity contribution in [1.29, 1.82) is 0 Å². The fourth-order valence-corrected chi connectivity index (χ4v) is 3.53. The first-order valence-electron chi connectivity index (χ1n) is 7.54. The van der Waals surface area contributed by atoms with Gasteiger partial charge in [0.25, 0.3) is 5.91 Å². The normalized spacial score (nSPS) is 20.0. The van der Waals surface area contributed by atoms with Crippen LogP contribution in [-0.2, 0) is 6.42 Å². The van der Waals surface area contributed by atoms with Gasteiger partial charge in [-0.05, 0) is 42.3 Å². The first-order valence-corrected chi connectivity index (χ1v) is 7.54. The van der Waals surface area contributed by atoms with E-state index in [1.807, 2.05) is 35.2 Å². The van der Waals surface area contributed by atoms with E-state index in [0.29, 0.717) is 5.92 Å². The Morgan fingerprint density at radius 2 is 1.95 bits per heavy atom. The van der Waals surface area contributed by atoms with Crippen molar-refractivity contribution in [2.45, 2.75) is 12.3 Å². The van der Waals surface area contributed by atoms with Crippen molar-refractivity contribution in [3.05, 3.63) is 65.2 Å². The number of rotatable bonds is 1. The van der Waals surface area contributed by atoms with Crippen LogP contribution in [0.25, 0.3) is 0 Å². The summed E-state index contributed by atoms with van der Waals surface area (Å²) in [6, 6.07) is 15.9. The maximum atomic E-state index is 12.8. The van der Waals surface area contributed by atoms with Gasteiger partial charge in [-0.2, -0.15) is 0 Å². The molecule has 0 aromatic heterocycles. The molecule has 2 aliphatic rings. The number of carbonyl (C=O) groups excluding carboxylic acids is 1. The highest BCUT2D eigenvalue weighted by atomic mass is 16.2. The van der Waals surface area contributed by atoms with Crippen LogP contribution in [0.15, 0.2) is 48.5 Å². The van der Waals surface area contributed by atoms with Crippen LogP contribution >= 0.6 is 0 Å². The third kappa shape index (κ3) is 2.05. The van der Waals surface area contributed by atoms with E-state index in [4.69, 9.17) is 0 Å². The van der Waals surface area contributed by atoms with Crippen molar-refractivity contribution in [2.75, 3.05) is 24.5 Å². The Morgan fingerprint density at radius 3 is 2.81 bits per heavy atom. The van der Waals surface area contributed by atoms with Crippen molar-refractivity contribution in [2.24, 2.45) is 0 Å². The largest absolute Gasteiger partial charge is 0.316 e. The van der Waals surface area contributed by atoms with Crippen LogP contribution in [-0.4, -0.2) is 25.5 Å². The number of nitrogens with one attached hydrogen (secondary N) is 1. The first-order chi connectivity index (χ1) is 10.3. The zero-order chi connectivity index (χ0) is 14.2. The van der Waals surface area contributed by atoms with Gasteiger partial charge in [-0.25, -0.2) is 0 Å². The van der Waals surface area contributed by atoms with Gasteiger partial charge in [0.05, 0.1) is 0 Å². The summed E-state index contributed by atoms with van der Waals surface area (Å²) in [6.07, 6.45) is 1.05. The van der Waals surface area contributed by atoms with Crippen LogP contribution in [0.4, 0.5) is 5.69 Å².